The SMILES string of the molecule is CCOC(=O)c1ccccc1/C=c1\sc2n(c1=O)C(N)=C(C#N)[C@H](c1ccccc1I)C=2I. The van der Waals surface area contributed by atoms with Crippen LogP contribution < -0.4 is 20.5 Å². The number of hydrogen-bond donors (Lipinski definition) is 1. The standard InChI is InChI=1S/C24H17I2N3O3S/c1-2-32-24(31)14-8-4-3-7-13(14)11-18-22(30)29-21(28)16(12-27)19(20(26)23(29)33-18)15-9-5-6-10-17(15)25/h3-11,19H,2,28H2,1H3/b18-11-/t19-/m0/s1. The fourth-order valence-corrected chi connectivity index (χ4v) is 6.64. The lowest BCUT2D eigenvalue weighted by Gasteiger charge is -2.23. The summed E-state index contributed by atoms with van der Waals surface area (Å²) in [7, 11) is 0. The minimum absolute atomic E-state index is 0.136. The monoisotopic (exact) mass is 681 g/mol. The van der Waals surface area contributed by atoms with E-state index in [9.17, 15) is 14.9 Å². The molecule has 9 heteroatoms. The second-order valence-electron chi connectivity index (χ2n) is 7.08. The number of nitrogens with two attached hydrogens (primary N) is 1. The first-order chi connectivity index (χ1) is 15.9. The first-order valence-electron chi connectivity index (χ1n) is 9.93. The van der Waals surface area contributed by atoms with Crippen molar-refractivity contribution < 1.29 is 9.53 Å². The summed E-state index contributed by atoms with van der Waals surface area (Å²) in [5.41, 5.74) is 8.33. The van der Waals surface area contributed by atoms with Crippen molar-refractivity contribution >= 4 is 78.0 Å². The van der Waals surface area contributed by atoms with Crippen LogP contribution in [0.15, 0.2) is 58.9 Å². The average Bonchev–Trinajstić information content (AvgIpc) is 3.13. The number of ether oxygens (including phenoxy) is 1. The van der Waals surface area contributed by atoms with Gasteiger partial charge in [0.15, 0.2) is 0 Å². The Morgan fingerprint density at radius 2 is 1.94 bits per heavy atom. The quantitative estimate of drug-likeness (QED) is 0.336. The van der Waals surface area contributed by atoms with Crippen LogP contribution in [0.25, 0.3) is 15.5 Å². The Hall–Kier alpha value is -2.43. The highest BCUT2D eigenvalue weighted by molar-refractivity contribution is 14.1. The minimum atomic E-state index is -0.447. The van der Waals surface area contributed by atoms with Crippen molar-refractivity contribution in [1.29, 1.82) is 5.26 Å². The van der Waals surface area contributed by atoms with Gasteiger partial charge in [-0.15, -0.1) is 11.3 Å². The van der Waals surface area contributed by atoms with E-state index in [0.717, 1.165) is 12.7 Å². The smallest absolute Gasteiger partial charge is 0.338 e. The van der Waals surface area contributed by atoms with Crippen LogP contribution in [0, 0.1) is 14.9 Å². The Labute approximate surface area is 221 Å². The van der Waals surface area contributed by atoms with E-state index in [4.69, 9.17) is 10.5 Å². The van der Waals surface area contributed by atoms with Crippen LogP contribution in [0.3, 0.4) is 0 Å². The predicted octanol–water partition coefficient (Wildman–Crippen LogP) is 3.51. The van der Waals surface area contributed by atoms with Gasteiger partial charge in [0.2, 0.25) is 0 Å². The molecule has 2 heterocycles. The summed E-state index contributed by atoms with van der Waals surface area (Å²) in [6.45, 7) is 2.00. The Morgan fingerprint density at radius 1 is 1.24 bits per heavy atom. The number of thiazole rings is 1. The third kappa shape index (κ3) is 4.27. The molecule has 2 N–H and O–H groups in total. The molecule has 0 saturated carbocycles. The van der Waals surface area contributed by atoms with Crippen molar-refractivity contribution in [2.24, 2.45) is 5.73 Å². The minimum Gasteiger partial charge on any atom is -0.462 e. The molecule has 0 amide bonds. The molecule has 33 heavy (non-hydrogen) atoms. The molecule has 0 spiro atoms. The van der Waals surface area contributed by atoms with Gasteiger partial charge in [-0.2, -0.15) is 5.26 Å². The highest BCUT2D eigenvalue weighted by atomic mass is 127. The van der Waals surface area contributed by atoms with Crippen molar-refractivity contribution in [3.63, 3.8) is 0 Å². The van der Waals surface area contributed by atoms with Crippen LogP contribution in [0.2, 0.25) is 0 Å². The highest BCUT2D eigenvalue weighted by Gasteiger charge is 2.31. The molecule has 0 aliphatic carbocycles. The molecule has 0 saturated heterocycles. The summed E-state index contributed by atoms with van der Waals surface area (Å²) >= 11 is 5.74. The summed E-state index contributed by atoms with van der Waals surface area (Å²) in [5.74, 6) is -0.657. The second kappa shape index (κ2) is 9.82. The first kappa shape index (κ1) is 23.7. The Bertz CT molecular complexity index is 1530. The average molecular weight is 681 g/mol. The molecule has 1 atom stereocenters. The lowest BCUT2D eigenvalue weighted by Crippen LogP contribution is -2.37. The van der Waals surface area contributed by atoms with E-state index in [2.05, 4.69) is 51.3 Å². The molecule has 0 bridgehead atoms. The first-order valence-corrected chi connectivity index (χ1v) is 12.9. The third-order valence-corrected chi connectivity index (χ3v) is 8.76. The molecule has 6 nitrogen and oxygen atoms in total. The zero-order chi connectivity index (χ0) is 23.7. The number of halogens is 2. The fraction of sp³-hybridized carbons (Fsp3) is 0.125. The molecular formula is C24H17I2N3O3S. The highest BCUT2D eigenvalue weighted by Crippen LogP contribution is 2.40. The third-order valence-electron chi connectivity index (χ3n) is 5.17. The van der Waals surface area contributed by atoms with Crippen LogP contribution in [-0.4, -0.2) is 17.1 Å². The van der Waals surface area contributed by atoms with E-state index in [1.165, 1.54) is 15.9 Å². The molecule has 0 fully saturated rings. The number of nitrogens with zero attached hydrogens (tertiary/aromatic N) is 2. The number of hydrogen-bond acceptors (Lipinski definition) is 6. The van der Waals surface area contributed by atoms with Gasteiger partial charge in [-0.05, 0) is 81.4 Å². The molecule has 4 rings (SSSR count). The number of benzene rings is 2. The van der Waals surface area contributed by atoms with Crippen molar-refractivity contribution in [3.05, 3.63) is 93.9 Å². The normalized spacial score (nSPS) is 15.9. The van der Waals surface area contributed by atoms with Crippen LogP contribution in [0.1, 0.15) is 34.3 Å². The summed E-state index contributed by atoms with van der Waals surface area (Å²) in [4.78, 5) is 25.7. The number of aromatic nitrogens is 1. The Morgan fingerprint density at radius 3 is 2.64 bits per heavy atom. The molecule has 166 valence electrons. The van der Waals surface area contributed by atoms with Gasteiger partial charge in [0, 0.05) is 7.15 Å². The molecule has 0 unspecified atom stereocenters. The molecule has 1 aromatic heterocycles. The molecule has 1 aliphatic heterocycles. The molecule has 2 aromatic carbocycles. The van der Waals surface area contributed by atoms with E-state index in [0.29, 0.717) is 25.9 Å². The van der Waals surface area contributed by atoms with E-state index >= 15 is 0 Å². The van der Waals surface area contributed by atoms with E-state index < -0.39 is 5.97 Å². The van der Waals surface area contributed by atoms with Crippen molar-refractivity contribution in [2.45, 2.75) is 12.8 Å². The van der Waals surface area contributed by atoms with Gasteiger partial charge in [0.25, 0.3) is 5.56 Å². The Balaban J connectivity index is 1.99. The van der Waals surface area contributed by atoms with Crippen molar-refractivity contribution in [1.82, 2.24) is 4.57 Å². The fourth-order valence-electron chi connectivity index (χ4n) is 3.66. The van der Waals surface area contributed by atoms with Crippen molar-refractivity contribution in [3.8, 4) is 6.07 Å². The molecule has 0 radical (unpaired) electrons. The molecule has 3 aromatic rings. The van der Waals surface area contributed by atoms with Gasteiger partial charge in [-0.3, -0.25) is 9.36 Å². The summed E-state index contributed by atoms with van der Waals surface area (Å²) in [6.07, 6.45) is 1.68. The van der Waals surface area contributed by atoms with E-state index in [1.54, 1.807) is 37.3 Å². The van der Waals surface area contributed by atoms with Crippen molar-refractivity contribution in [2.75, 3.05) is 6.61 Å². The number of fused-ring (bicyclic) bond motifs is 1. The second-order valence-corrected chi connectivity index (χ2v) is 10.4. The van der Waals surface area contributed by atoms with Gasteiger partial charge in [0.1, 0.15) is 10.5 Å². The lowest BCUT2D eigenvalue weighted by molar-refractivity contribution is 0.0526. The summed E-state index contributed by atoms with van der Waals surface area (Å²) < 4.78 is 9.50. The predicted molar refractivity (Wildman–Crippen MR) is 146 cm³/mol. The zero-order valence-corrected chi connectivity index (χ0v) is 22.5. The lowest BCUT2D eigenvalue weighted by atomic mass is 9.90. The van der Waals surface area contributed by atoms with Crippen LogP contribution >= 0.6 is 56.5 Å². The van der Waals surface area contributed by atoms with Gasteiger partial charge < -0.3 is 10.5 Å². The maximum Gasteiger partial charge on any atom is 0.338 e. The zero-order valence-electron chi connectivity index (χ0n) is 17.3. The van der Waals surface area contributed by atoms with Gasteiger partial charge in [-0.25, -0.2) is 4.79 Å². The molecular weight excluding hydrogens is 664 g/mol. The number of esters is 1. The number of carbonyl (C=O) groups excluding carboxylic acids is 1. The number of nitriles is 1. The largest absolute Gasteiger partial charge is 0.462 e. The van der Waals surface area contributed by atoms with Gasteiger partial charge >= 0.3 is 5.97 Å². The van der Waals surface area contributed by atoms with E-state index in [-0.39, 0.29) is 23.9 Å². The number of carbonyl (C=O) groups is 1. The topological polar surface area (TPSA) is 98.1 Å². The van der Waals surface area contributed by atoms with Gasteiger partial charge in [-0.1, -0.05) is 36.4 Å². The van der Waals surface area contributed by atoms with Crippen LogP contribution in [-0.2, 0) is 4.74 Å². The van der Waals surface area contributed by atoms with E-state index in [1.807, 2.05) is 24.3 Å². The maximum absolute atomic E-state index is 13.3. The van der Waals surface area contributed by atoms with Crippen LogP contribution in [0.4, 0.5) is 0 Å². The maximum atomic E-state index is 13.3. The number of allylic oxidation sites excluding steroid dienone is 1. The van der Waals surface area contributed by atoms with Crippen LogP contribution in [0.5, 0.6) is 0 Å². The Kier molecular flexibility index (Phi) is 7.06. The summed E-state index contributed by atoms with van der Waals surface area (Å²) in [6, 6.07) is 17.0. The number of rotatable bonds is 4. The van der Waals surface area contributed by atoms with Gasteiger partial charge in [0.05, 0.1) is 34.3 Å². The molecule has 1 aliphatic rings. The summed E-state index contributed by atoms with van der Waals surface area (Å²) in [5, 5.41) is 9.93.